The Balaban J connectivity index is 2.52. The summed E-state index contributed by atoms with van der Waals surface area (Å²) in [6.45, 7) is 5.75. The van der Waals surface area contributed by atoms with Crippen LogP contribution in [0.4, 0.5) is 0 Å². The summed E-state index contributed by atoms with van der Waals surface area (Å²) in [4.78, 5) is 11.5. The van der Waals surface area contributed by atoms with Gasteiger partial charge in [0.15, 0.2) is 0 Å². The van der Waals surface area contributed by atoms with Crippen molar-refractivity contribution in [2.75, 3.05) is 13.2 Å². The van der Waals surface area contributed by atoms with E-state index in [0.717, 1.165) is 12.8 Å². The Morgan fingerprint density at radius 3 is 2.59 bits per heavy atom. The molecule has 0 aliphatic heterocycles. The third kappa shape index (κ3) is 3.68. The van der Waals surface area contributed by atoms with Gasteiger partial charge in [-0.2, -0.15) is 0 Å². The Bertz CT molecular complexity index is 375. The molecular weight excluding hydrogens is 216 g/mol. The minimum Gasteiger partial charge on any atom is -0.372 e. The van der Waals surface area contributed by atoms with Crippen LogP contribution in [-0.4, -0.2) is 23.3 Å². The number of pyridine rings is 1. The van der Waals surface area contributed by atoms with Crippen LogP contribution in [0.3, 0.4) is 0 Å². The summed E-state index contributed by atoms with van der Waals surface area (Å²) >= 11 is 0. The second kappa shape index (κ2) is 6.57. The van der Waals surface area contributed by atoms with E-state index in [-0.39, 0.29) is 11.2 Å². The van der Waals surface area contributed by atoms with Crippen LogP contribution < -0.4 is 11.3 Å². The summed E-state index contributed by atoms with van der Waals surface area (Å²) in [5, 5.41) is 0. The van der Waals surface area contributed by atoms with Gasteiger partial charge in [0.1, 0.15) is 0 Å². The topological polar surface area (TPSA) is 57.2 Å². The molecule has 0 aromatic carbocycles. The van der Waals surface area contributed by atoms with Crippen LogP contribution in [0, 0.1) is 0 Å². The highest BCUT2D eigenvalue weighted by molar-refractivity contribution is 4.93. The smallest absolute Gasteiger partial charge is 0.250 e. The molecule has 96 valence electrons. The minimum absolute atomic E-state index is 0.00226. The predicted molar refractivity (Wildman–Crippen MR) is 69.0 cm³/mol. The molecule has 0 saturated heterocycles. The van der Waals surface area contributed by atoms with Gasteiger partial charge in [0.05, 0.1) is 12.2 Å². The van der Waals surface area contributed by atoms with Crippen LogP contribution in [0.15, 0.2) is 29.2 Å². The predicted octanol–water partition coefficient (Wildman–Crippen LogP) is 1.38. The number of hydrogen-bond acceptors (Lipinski definition) is 3. The molecule has 1 heterocycles. The first-order chi connectivity index (χ1) is 8.17. The van der Waals surface area contributed by atoms with Crippen molar-refractivity contribution in [2.24, 2.45) is 5.73 Å². The van der Waals surface area contributed by atoms with E-state index in [1.165, 1.54) is 0 Å². The maximum absolute atomic E-state index is 11.5. The highest BCUT2D eigenvalue weighted by atomic mass is 16.5. The molecule has 4 nitrogen and oxygen atoms in total. The van der Waals surface area contributed by atoms with E-state index in [0.29, 0.717) is 19.7 Å². The third-order valence-corrected chi connectivity index (χ3v) is 3.30. The van der Waals surface area contributed by atoms with Crippen LogP contribution in [0.2, 0.25) is 0 Å². The standard InChI is InChI=1S/C13H22N2O2/c1-3-13(4-2,11-14)17-10-9-15-8-6-5-7-12(15)16/h5-8H,3-4,9-11,14H2,1-2H3. The molecule has 1 aromatic rings. The van der Waals surface area contributed by atoms with Crippen LogP contribution in [-0.2, 0) is 11.3 Å². The summed E-state index contributed by atoms with van der Waals surface area (Å²) < 4.78 is 7.50. The molecule has 0 spiro atoms. The van der Waals surface area contributed by atoms with Gasteiger partial charge < -0.3 is 15.0 Å². The lowest BCUT2D eigenvalue weighted by Crippen LogP contribution is -2.40. The quantitative estimate of drug-likeness (QED) is 0.780. The highest BCUT2D eigenvalue weighted by Crippen LogP contribution is 2.18. The number of hydrogen-bond donors (Lipinski definition) is 1. The van der Waals surface area contributed by atoms with Gasteiger partial charge in [0, 0.05) is 25.4 Å². The van der Waals surface area contributed by atoms with Gasteiger partial charge in [-0.25, -0.2) is 0 Å². The lowest BCUT2D eigenvalue weighted by Gasteiger charge is -2.30. The molecule has 0 bridgehead atoms. The molecule has 2 N–H and O–H groups in total. The fraction of sp³-hybridized carbons (Fsp3) is 0.615. The summed E-state index contributed by atoms with van der Waals surface area (Å²) in [5.74, 6) is 0. The van der Waals surface area contributed by atoms with Crippen molar-refractivity contribution in [1.82, 2.24) is 4.57 Å². The molecule has 0 fully saturated rings. The SMILES string of the molecule is CCC(CC)(CN)OCCn1ccccc1=O. The number of aromatic nitrogens is 1. The number of nitrogens with zero attached hydrogens (tertiary/aromatic N) is 1. The zero-order chi connectivity index (χ0) is 12.7. The van der Waals surface area contributed by atoms with E-state index in [9.17, 15) is 4.79 Å². The Hall–Kier alpha value is -1.13. The maximum Gasteiger partial charge on any atom is 0.250 e. The zero-order valence-electron chi connectivity index (χ0n) is 10.7. The fourth-order valence-electron chi connectivity index (χ4n) is 1.81. The average Bonchev–Trinajstić information content (AvgIpc) is 2.37. The molecule has 0 aliphatic carbocycles. The Labute approximate surface area is 102 Å². The molecule has 1 rings (SSSR count). The summed E-state index contributed by atoms with van der Waals surface area (Å²) in [6, 6.07) is 5.13. The van der Waals surface area contributed by atoms with E-state index in [2.05, 4.69) is 13.8 Å². The van der Waals surface area contributed by atoms with E-state index >= 15 is 0 Å². The number of nitrogens with two attached hydrogens (primary N) is 1. The van der Waals surface area contributed by atoms with Crippen molar-refractivity contribution in [3.05, 3.63) is 34.7 Å². The number of rotatable bonds is 7. The lowest BCUT2D eigenvalue weighted by molar-refractivity contribution is -0.0477. The van der Waals surface area contributed by atoms with E-state index in [4.69, 9.17) is 10.5 Å². The average molecular weight is 238 g/mol. The zero-order valence-corrected chi connectivity index (χ0v) is 10.7. The highest BCUT2D eigenvalue weighted by Gasteiger charge is 2.24. The van der Waals surface area contributed by atoms with E-state index < -0.39 is 0 Å². The van der Waals surface area contributed by atoms with Gasteiger partial charge in [-0.3, -0.25) is 4.79 Å². The van der Waals surface area contributed by atoms with Crippen molar-refractivity contribution < 1.29 is 4.74 Å². The molecule has 0 atom stereocenters. The third-order valence-electron chi connectivity index (χ3n) is 3.30. The second-order valence-electron chi connectivity index (χ2n) is 4.17. The molecular formula is C13H22N2O2. The molecule has 0 amide bonds. The van der Waals surface area contributed by atoms with Gasteiger partial charge >= 0.3 is 0 Å². The van der Waals surface area contributed by atoms with Crippen molar-refractivity contribution in [1.29, 1.82) is 0 Å². The normalized spacial score (nSPS) is 11.7. The van der Waals surface area contributed by atoms with E-state index in [1.807, 2.05) is 6.07 Å². The van der Waals surface area contributed by atoms with Crippen LogP contribution in [0.25, 0.3) is 0 Å². The molecule has 4 heteroatoms. The summed E-state index contributed by atoms with van der Waals surface area (Å²) in [6.07, 6.45) is 3.56. The monoisotopic (exact) mass is 238 g/mol. The molecule has 0 radical (unpaired) electrons. The van der Waals surface area contributed by atoms with Crippen molar-refractivity contribution >= 4 is 0 Å². The van der Waals surface area contributed by atoms with Gasteiger partial charge in [-0.05, 0) is 18.9 Å². The molecule has 0 aliphatic rings. The van der Waals surface area contributed by atoms with Crippen molar-refractivity contribution in [3.63, 3.8) is 0 Å². The maximum atomic E-state index is 11.5. The van der Waals surface area contributed by atoms with Crippen LogP contribution in [0.5, 0.6) is 0 Å². The Morgan fingerprint density at radius 1 is 1.35 bits per heavy atom. The largest absolute Gasteiger partial charge is 0.372 e. The first-order valence-corrected chi connectivity index (χ1v) is 6.17. The molecule has 0 unspecified atom stereocenters. The number of ether oxygens (including phenoxy) is 1. The first kappa shape index (κ1) is 13.9. The van der Waals surface area contributed by atoms with Crippen LogP contribution in [0.1, 0.15) is 26.7 Å². The second-order valence-corrected chi connectivity index (χ2v) is 4.17. The molecule has 17 heavy (non-hydrogen) atoms. The van der Waals surface area contributed by atoms with Gasteiger partial charge in [0.25, 0.3) is 5.56 Å². The lowest BCUT2D eigenvalue weighted by atomic mass is 9.97. The molecule has 1 aromatic heterocycles. The Kier molecular flexibility index (Phi) is 5.38. The van der Waals surface area contributed by atoms with Gasteiger partial charge in [-0.15, -0.1) is 0 Å². The summed E-state index contributed by atoms with van der Waals surface area (Å²) in [5.41, 5.74) is 5.51. The minimum atomic E-state index is -0.238. The van der Waals surface area contributed by atoms with E-state index in [1.54, 1.807) is 22.9 Å². The first-order valence-electron chi connectivity index (χ1n) is 6.17. The van der Waals surface area contributed by atoms with Gasteiger partial charge in [0.2, 0.25) is 0 Å². The fourth-order valence-corrected chi connectivity index (χ4v) is 1.81. The molecule has 0 saturated carbocycles. The van der Waals surface area contributed by atoms with Crippen LogP contribution >= 0.6 is 0 Å². The van der Waals surface area contributed by atoms with Crippen molar-refractivity contribution in [3.8, 4) is 0 Å². The summed E-state index contributed by atoms with van der Waals surface area (Å²) in [7, 11) is 0. The van der Waals surface area contributed by atoms with Crippen molar-refractivity contribution in [2.45, 2.75) is 38.8 Å². The van der Waals surface area contributed by atoms with Gasteiger partial charge in [-0.1, -0.05) is 19.9 Å². The Morgan fingerprint density at radius 2 is 2.06 bits per heavy atom.